The normalized spacial score (nSPS) is 37.1. The van der Waals surface area contributed by atoms with Gasteiger partial charge in [0.05, 0.1) is 17.7 Å². The van der Waals surface area contributed by atoms with Gasteiger partial charge in [0.15, 0.2) is 5.78 Å². The number of ether oxygens (including phenoxy) is 3. The summed E-state index contributed by atoms with van der Waals surface area (Å²) in [6.45, 7) is 3.01. The van der Waals surface area contributed by atoms with Crippen molar-refractivity contribution in [3.05, 3.63) is 0 Å². The van der Waals surface area contributed by atoms with E-state index in [-0.39, 0.29) is 23.7 Å². The lowest BCUT2D eigenvalue weighted by molar-refractivity contribution is -0.157. The van der Waals surface area contributed by atoms with E-state index >= 15 is 0 Å². The van der Waals surface area contributed by atoms with Gasteiger partial charge in [-0.25, -0.2) is 0 Å². The number of hydrogen-bond donors (Lipinski definition) is 1. The van der Waals surface area contributed by atoms with Crippen molar-refractivity contribution in [2.45, 2.75) is 49.9 Å². The van der Waals surface area contributed by atoms with Crippen LogP contribution in [0.1, 0.15) is 32.1 Å². The highest BCUT2D eigenvalue weighted by Crippen LogP contribution is 2.38. The fraction of sp³-hybridized carbons (Fsp3) is 0.933. The number of carbonyl (C=O) groups excluding carboxylic acids is 1. The summed E-state index contributed by atoms with van der Waals surface area (Å²) in [6.07, 6.45) is 4.57. The lowest BCUT2D eigenvalue weighted by Gasteiger charge is -2.43. The van der Waals surface area contributed by atoms with Crippen LogP contribution in [0.3, 0.4) is 0 Å². The predicted molar refractivity (Wildman–Crippen MR) is 73.7 cm³/mol. The van der Waals surface area contributed by atoms with Crippen molar-refractivity contribution >= 4 is 5.78 Å². The Balaban J connectivity index is 1.60. The molecule has 5 nitrogen and oxygen atoms in total. The monoisotopic (exact) mass is 283 g/mol. The molecule has 1 spiro atoms. The van der Waals surface area contributed by atoms with E-state index in [2.05, 4.69) is 5.32 Å². The van der Waals surface area contributed by atoms with E-state index in [9.17, 15) is 4.79 Å². The number of nitrogens with one attached hydrogen (secondary N) is 1. The van der Waals surface area contributed by atoms with E-state index in [0.717, 1.165) is 51.9 Å². The van der Waals surface area contributed by atoms with Gasteiger partial charge in [-0.05, 0) is 32.1 Å². The Morgan fingerprint density at radius 2 is 2.10 bits per heavy atom. The molecule has 3 atom stereocenters. The third-order valence-electron chi connectivity index (χ3n) is 5.07. The zero-order chi connectivity index (χ0) is 14.0. The first kappa shape index (κ1) is 14.4. The van der Waals surface area contributed by atoms with Crippen LogP contribution < -0.4 is 5.32 Å². The number of methoxy groups -OCH3 is 1. The summed E-state index contributed by atoms with van der Waals surface area (Å²) in [6, 6.07) is -0.0278. The van der Waals surface area contributed by atoms with Gasteiger partial charge >= 0.3 is 0 Å². The Bertz CT molecular complexity index is 348. The SMILES string of the molecule is COC1CNC(C(=O)C2CCOC3(CCOCC3)C2)C1. The van der Waals surface area contributed by atoms with E-state index in [1.54, 1.807) is 7.11 Å². The van der Waals surface area contributed by atoms with Gasteiger partial charge in [-0.2, -0.15) is 0 Å². The highest BCUT2D eigenvalue weighted by atomic mass is 16.5. The van der Waals surface area contributed by atoms with E-state index in [1.807, 2.05) is 0 Å². The number of Topliss-reactive ketones (excluding diaryl/α,β-unsaturated/α-hetero) is 1. The van der Waals surface area contributed by atoms with Gasteiger partial charge in [-0.3, -0.25) is 4.79 Å². The van der Waals surface area contributed by atoms with E-state index in [0.29, 0.717) is 12.4 Å². The molecular weight excluding hydrogens is 258 g/mol. The van der Waals surface area contributed by atoms with Crippen molar-refractivity contribution in [1.82, 2.24) is 5.32 Å². The maximum absolute atomic E-state index is 12.7. The minimum absolute atomic E-state index is 0.0278. The van der Waals surface area contributed by atoms with Crippen LogP contribution in [-0.2, 0) is 19.0 Å². The summed E-state index contributed by atoms with van der Waals surface area (Å²) < 4.78 is 16.8. The third kappa shape index (κ3) is 2.91. The quantitative estimate of drug-likeness (QED) is 0.834. The lowest BCUT2D eigenvalue weighted by Crippen LogP contribution is -2.48. The second-order valence-electron chi connectivity index (χ2n) is 6.29. The molecule has 0 aromatic heterocycles. The molecule has 0 amide bonds. The van der Waals surface area contributed by atoms with Gasteiger partial charge < -0.3 is 19.5 Å². The van der Waals surface area contributed by atoms with Crippen molar-refractivity contribution in [2.24, 2.45) is 5.92 Å². The van der Waals surface area contributed by atoms with Crippen LogP contribution in [0.5, 0.6) is 0 Å². The number of ketones is 1. The molecule has 0 aromatic rings. The molecule has 0 bridgehead atoms. The minimum atomic E-state index is -0.101. The van der Waals surface area contributed by atoms with Gasteiger partial charge in [0.1, 0.15) is 0 Å². The number of rotatable bonds is 3. The zero-order valence-corrected chi connectivity index (χ0v) is 12.2. The summed E-state index contributed by atoms with van der Waals surface area (Å²) in [5, 5.41) is 3.31. The van der Waals surface area contributed by atoms with Crippen molar-refractivity contribution in [2.75, 3.05) is 33.5 Å². The molecule has 3 aliphatic rings. The summed E-state index contributed by atoms with van der Waals surface area (Å²) in [4.78, 5) is 12.7. The molecule has 3 unspecified atom stereocenters. The first-order valence-corrected chi connectivity index (χ1v) is 7.74. The Morgan fingerprint density at radius 1 is 1.30 bits per heavy atom. The van der Waals surface area contributed by atoms with E-state index < -0.39 is 0 Å². The van der Waals surface area contributed by atoms with Crippen LogP contribution >= 0.6 is 0 Å². The predicted octanol–water partition coefficient (Wildman–Crippen LogP) is 0.908. The summed E-state index contributed by atoms with van der Waals surface area (Å²) >= 11 is 0. The molecule has 3 aliphatic heterocycles. The average molecular weight is 283 g/mol. The van der Waals surface area contributed by atoms with Crippen molar-refractivity contribution in [3.63, 3.8) is 0 Å². The maximum atomic E-state index is 12.7. The van der Waals surface area contributed by atoms with Gasteiger partial charge in [-0.15, -0.1) is 0 Å². The molecule has 3 fully saturated rings. The first-order valence-electron chi connectivity index (χ1n) is 7.74. The van der Waals surface area contributed by atoms with Crippen LogP contribution in [-0.4, -0.2) is 57.0 Å². The lowest BCUT2D eigenvalue weighted by atomic mass is 9.77. The largest absolute Gasteiger partial charge is 0.381 e. The summed E-state index contributed by atoms with van der Waals surface area (Å²) in [5.74, 6) is 0.494. The van der Waals surface area contributed by atoms with Crippen molar-refractivity contribution in [1.29, 1.82) is 0 Å². The van der Waals surface area contributed by atoms with Crippen LogP contribution in [0.15, 0.2) is 0 Å². The van der Waals surface area contributed by atoms with E-state index in [4.69, 9.17) is 14.2 Å². The molecule has 1 N–H and O–H groups in total. The molecule has 3 heterocycles. The summed E-state index contributed by atoms with van der Waals surface area (Å²) in [5.41, 5.74) is -0.101. The van der Waals surface area contributed by atoms with Crippen LogP contribution in [0.2, 0.25) is 0 Å². The second-order valence-corrected chi connectivity index (χ2v) is 6.29. The molecule has 0 aliphatic carbocycles. The van der Waals surface area contributed by atoms with Gasteiger partial charge in [0.2, 0.25) is 0 Å². The maximum Gasteiger partial charge on any atom is 0.153 e. The van der Waals surface area contributed by atoms with Crippen molar-refractivity contribution < 1.29 is 19.0 Å². The van der Waals surface area contributed by atoms with Gasteiger partial charge in [0, 0.05) is 39.4 Å². The van der Waals surface area contributed by atoms with Crippen molar-refractivity contribution in [3.8, 4) is 0 Å². The molecule has 20 heavy (non-hydrogen) atoms. The Morgan fingerprint density at radius 3 is 2.80 bits per heavy atom. The van der Waals surface area contributed by atoms with E-state index in [1.165, 1.54) is 0 Å². The second kappa shape index (κ2) is 6.10. The number of hydrogen-bond acceptors (Lipinski definition) is 5. The minimum Gasteiger partial charge on any atom is -0.381 e. The van der Waals surface area contributed by atoms with Gasteiger partial charge in [0.25, 0.3) is 0 Å². The zero-order valence-electron chi connectivity index (χ0n) is 12.2. The molecular formula is C15H25NO4. The molecule has 3 saturated heterocycles. The molecule has 114 valence electrons. The molecule has 0 radical (unpaired) electrons. The summed E-state index contributed by atoms with van der Waals surface area (Å²) in [7, 11) is 1.71. The molecule has 0 aromatic carbocycles. The standard InChI is InChI=1S/C15H25NO4/c1-18-12-8-13(16-10-12)14(17)11-2-5-20-15(9-11)3-6-19-7-4-15/h11-13,16H,2-10H2,1H3. The first-order chi connectivity index (χ1) is 9.72. The fourth-order valence-corrected chi connectivity index (χ4v) is 3.75. The third-order valence-corrected chi connectivity index (χ3v) is 5.07. The fourth-order valence-electron chi connectivity index (χ4n) is 3.75. The molecule has 5 heteroatoms. The average Bonchev–Trinajstić information content (AvgIpc) is 2.96. The van der Waals surface area contributed by atoms with Gasteiger partial charge in [-0.1, -0.05) is 0 Å². The highest BCUT2D eigenvalue weighted by Gasteiger charge is 2.43. The Hall–Kier alpha value is -0.490. The smallest absolute Gasteiger partial charge is 0.153 e. The highest BCUT2D eigenvalue weighted by molar-refractivity contribution is 5.86. The van der Waals surface area contributed by atoms with Crippen LogP contribution in [0.25, 0.3) is 0 Å². The molecule has 0 saturated carbocycles. The van der Waals surface area contributed by atoms with Crippen LogP contribution in [0.4, 0.5) is 0 Å². The molecule has 3 rings (SSSR count). The number of carbonyl (C=O) groups is 1. The van der Waals surface area contributed by atoms with Crippen LogP contribution in [0, 0.1) is 5.92 Å². The topological polar surface area (TPSA) is 56.8 Å². The Kier molecular flexibility index (Phi) is 4.40. The Labute approximate surface area is 120 Å².